The van der Waals surface area contributed by atoms with Crippen LogP contribution in [-0.4, -0.2) is 50.2 Å². The number of ether oxygens (including phenoxy) is 1. The van der Waals surface area contributed by atoms with E-state index in [0.29, 0.717) is 13.2 Å². The van der Waals surface area contributed by atoms with Crippen molar-refractivity contribution in [2.24, 2.45) is 5.92 Å². The highest BCUT2D eigenvalue weighted by Gasteiger charge is 2.29. The second-order valence-corrected chi connectivity index (χ2v) is 4.50. The van der Waals surface area contributed by atoms with E-state index in [1.54, 1.807) is 0 Å². The summed E-state index contributed by atoms with van der Waals surface area (Å²) in [5, 5.41) is 3.02. The molecule has 4 nitrogen and oxygen atoms in total. The van der Waals surface area contributed by atoms with Crippen LogP contribution in [0.25, 0.3) is 0 Å². The molecule has 2 fully saturated rings. The minimum absolute atomic E-state index is 0.146. The summed E-state index contributed by atoms with van der Waals surface area (Å²) in [5.41, 5.74) is 0. The van der Waals surface area contributed by atoms with Crippen molar-refractivity contribution in [2.45, 2.75) is 25.3 Å². The average molecular weight is 212 g/mol. The molecule has 2 aliphatic rings. The van der Waals surface area contributed by atoms with E-state index in [9.17, 15) is 4.79 Å². The zero-order valence-electron chi connectivity index (χ0n) is 9.37. The molecule has 0 spiro atoms. The van der Waals surface area contributed by atoms with Crippen LogP contribution in [0.4, 0.5) is 0 Å². The first kappa shape index (κ1) is 10.9. The van der Waals surface area contributed by atoms with Gasteiger partial charge in [-0.3, -0.25) is 4.79 Å². The Morgan fingerprint density at radius 1 is 1.53 bits per heavy atom. The largest absolute Gasteiger partial charge is 0.377 e. The molecule has 0 bridgehead atoms. The van der Waals surface area contributed by atoms with Crippen LogP contribution in [0.3, 0.4) is 0 Å². The molecule has 0 aromatic rings. The van der Waals surface area contributed by atoms with Gasteiger partial charge in [-0.2, -0.15) is 0 Å². The van der Waals surface area contributed by atoms with Gasteiger partial charge < -0.3 is 15.0 Å². The minimum Gasteiger partial charge on any atom is -0.377 e. The van der Waals surface area contributed by atoms with E-state index in [1.807, 2.05) is 11.9 Å². The van der Waals surface area contributed by atoms with Gasteiger partial charge in [-0.15, -0.1) is 0 Å². The molecule has 1 saturated carbocycles. The van der Waals surface area contributed by atoms with Crippen LogP contribution in [-0.2, 0) is 9.53 Å². The Morgan fingerprint density at radius 2 is 2.33 bits per heavy atom. The zero-order valence-corrected chi connectivity index (χ0v) is 9.37. The van der Waals surface area contributed by atoms with Gasteiger partial charge in [0.25, 0.3) is 0 Å². The maximum Gasteiger partial charge on any atom is 0.242 e. The van der Waals surface area contributed by atoms with Crippen LogP contribution in [0.2, 0.25) is 0 Å². The van der Waals surface area contributed by atoms with Crippen molar-refractivity contribution in [2.75, 3.05) is 33.4 Å². The first-order valence-corrected chi connectivity index (χ1v) is 5.85. The molecule has 86 valence electrons. The SMILES string of the molecule is CNC1COCCN(CC2CCC2)C1=O. The van der Waals surface area contributed by atoms with Gasteiger partial charge >= 0.3 is 0 Å². The molecule has 1 aliphatic carbocycles. The molecule has 1 saturated heterocycles. The maximum atomic E-state index is 12.0. The van der Waals surface area contributed by atoms with Gasteiger partial charge in [-0.05, 0) is 25.8 Å². The summed E-state index contributed by atoms with van der Waals surface area (Å²) in [6.45, 7) is 2.88. The van der Waals surface area contributed by atoms with Crippen molar-refractivity contribution in [1.29, 1.82) is 0 Å². The van der Waals surface area contributed by atoms with E-state index in [1.165, 1.54) is 19.3 Å². The summed E-state index contributed by atoms with van der Waals surface area (Å²) < 4.78 is 5.41. The fourth-order valence-electron chi connectivity index (χ4n) is 2.15. The van der Waals surface area contributed by atoms with Crippen LogP contribution in [0, 0.1) is 5.92 Å². The predicted molar refractivity (Wildman–Crippen MR) is 57.6 cm³/mol. The standard InChI is InChI=1S/C11H20N2O2/c1-12-10-8-15-6-5-13(11(10)14)7-9-3-2-4-9/h9-10,12H,2-8H2,1H3. The molecule has 1 atom stereocenters. The summed E-state index contributed by atoms with van der Waals surface area (Å²) in [4.78, 5) is 14.0. The summed E-state index contributed by atoms with van der Waals surface area (Å²) in [6, 6.07) is -0.146. The highest BCUT2D eigenvalue weighted by Crippen LogP contribution is 2.27. The highest BCUT2D eigenvalue weighted by atomic mass is 16.5. The van der Waals surface area contributed by atoms with Crippen LogP contribution in [0.1, 0.15) is 19.3 Å². The highest BCUT2D eigenvalue weighted by molar-refractivity contribution is 5.82. The average Bonchev–Trinajstić information content (AvgIpc) is 2.35. The van der Waals surface area contributed by atoms with Gasteiger partial charge in [0.1, 0.15) is 6.04 Å². The fourth-order valence-corrected chi connectivity index (χ4v) is 2.15. The lowest BCUT2D eigenvalue weighted by Gasteiger charge is -2.32. The summed E-state index contributed by atoms with van der Waals surface area (Å²) in [7, 11) is 1.82. The monoisotopic (exact) mass is 212 g/mol. The first-order valence-electron chi connectivity index (χ1n) is 5.85. The van der Waals surface area contributed by atoms with Crippen LogP contribution in [0.15, 0.2) is 0 Å². The second kappa shape index (κ2) is 4.94. The smallest absolute Gasteiger partial charge is 0.242 e. The third-order valence-electron chi connectivity index (χ3n) is 3.45. The molecule has 1 N–H and O–H groups in total. The molecule has 15 heavy (non-hydrogen) atoms. The summed E-state index contributed by atoms with van der Waals surface area (Å²) in [6.07, 6.45) is 3.91. The van der Waals surface area contributed by atoms with E-state index < -0.39 is 0 Å². The molecular formula is C11H20N2O2. The molecule has 1 amide bonds. The number of nitrogens with zero attached hydrogens (tertiary/aromatic N) is 1. The predicted octanol–water partition coefficient (Wildman–Crippen LogP) is 0.233. The maximum absolute atomic E-state index is 12.0. The molecule has 4 heteroatoms. The van der Waals surface area contributed by atoms with Crippen molar-refractivity contribution in [3.05, 3.63) is 0 Å². The van der Waals surface area contributed by atoms with E-state index in [2.05, 4.69) is 5.32 Å². The van der Waals surface area contributed by atoms with Gasteiger partial charge in [0.15, 0.2) is 0 Å². The van der Waals surface area contributed by atoms with Crippen molar-refractivity contribution in [1.82, 2.24) is 10.2 Å². The Hall–Kier alpha value is -0.610. The number of hydrogen-bond acceptors (Lipinski definition) is 3. The lowest BCUT2D eigenvalue weighted by molar-refractivity contribution is -0.133. The number of carbonyl (C=O) groups excluding carboxylic acids is 1. The minimum atomic E-state index is -0.146. The molecule has 0 aromatic heterocycles. The quantitative estimate of drug-likeness (QED) is 0.728. The molecule has 1 heterocycles. The Morgan fingerprint density at radius 3 is 2.93 bits per heavy atom. The third-order valence-corrected chi connectivity index (χ3v) is 3.45. The van der Waals surface area contributed by atoms with Crippen molar-refractivity contribution >= 4 is 5.91 Å². The van der Waals surface area contributed by atoms with Crippen LogP contribution >= 0.6 is 0 Å². The van der Waals surface area contributed by atoms with E-state index >= 15 is 0 Å². The Bertz CT molecular complexity index is 229. The molecule has 1 aliphatic heterocycles. The third kappa shape index (κ3) is 2.49. The Labute approximate surface area is 91.0 Å². The lowest BCUT2D eigenvalue weighted by Crippen LogP contribution is -2.47. The summed E-state index contributed by atoms with van der Waals surface area (Å²) in [5.74, 6) is 0.950. The molecule has 1 unspecified atom stereocenters. The van der Waals surface area contributed by atoms with Crippen molar-refractivity contribution in [3.63, 3.8) is 0 Å². The fraction of sp³-hybridized carbons (Fsp3) is 0.909. The van der Waals surface area contributed by atoms with E-state index in [4.69, 9.17) is 4.74 Å². The Kier molecular flexibility index (Phi) is 3.59. The number of rotatable bonds is 3. The number of nitrogens with one attached hydrogen (secondary N) is 1. The van der Waals surface area contributed by atoms with Crippen LogP contribution < -0.4 is 5.32 Å². The first-order chi connectivity index (χ1) is 7.31. The van der Waals surface area contributed by atoms with E-state index in [0.717, 1.165) is 19.0 Å². The van der Waals surface area contributed by atoms with Gasteiger partial charge in [0.05, 0.1) is 13.2 Å². The van der Waals surface area contributed by atoms with Crippen LogP contribution in [0.5, 0.6) is 0 Å². The Balaban J connectivity index is 1.91. The number of carbonyl (C=O) groups is 1. The molecular weight excluding hydrogens is 192 g/mol. The second-order valence-electron chi connectivity index (χ2n) is 4.50. The van der Waals surface area contributed by atoms with E-state index in [-0.39, 0.29) is 11.9 Å². The topological polar surface area (TPSA) is 41.6 Å². The molecule has 2 rings (SSSR count). The lowest BCUT2D eigenvalue weighted by atomic mass is 9.85. The van der Waals surface area contributed by atoms with Gasteiger partial charge in [0.2, 0.25) is 5.91 Å². The summed E-state index contributed by atoms with van der Waals surface area (Å²) >= 11 is 0. The van der Waals surface area contributed by atoms with Crippen molar-refractivity contribution < 1.29 is 9.53 Å². The normalized spacial score (nSPS) is 28.7. The number of hydrogen-bond donors (Lipinski definition) is 1. The van der Waals surface area contributed by atoms with Gasteiger partial charge in [-0.1, -0.05) is 6.42 Å². The zero-order chi connectivity index (χ0) is 10.7. The van der Waals surface area contributed by atoms with Gasteiger partial charge in [-0.25, -0.2) is 0 Å². The number of likely N-dealkylation sites (N-methyl/N-ethyl adjacent to an activating group) is 1. The van der Waals surface area contributed by atoms with Crippen molar-refractivity contribution in [3.8, 4) is 0 Å². The van der Waals surface area contributed by atoms with Gasteiger partial charge in [0, 0.05) is 13.1 Å². The number of amides is 1. The molecule has 0 radical (unpaired) electrons. The molecule has 0 aromatic carbocycles.